The number of hydrogen-bond donors (Lipinski definition) is 1. The first-order chi connectivity index (χ1) is 3.85. The van der Waals surface area contributed by atoms with Gasteiger partial charge in [0.15, 0.2) is 5.01 Å². The number of hydrogen-bond acceptors (Lipinski definition) is 2. The Hall–Kier alpha value is -0.100. The number of ketones is 1. The minimum absolute atomic E-state index is 2.06. The summed E-state index contributed by atoms with van der Waals surface area (Å²) in [5.74, 6) is -2.19. The van der Waals surface area contributed by atoms with Crippen molar-refractivity contribution in [3.8, 4) is 0 Å². The molecular weight excluding hydrogens is 205 g/mol. The van der Waals surface area contributed by atoms with Crippen LogP contribution in [0.3, 0.4) is 0 Å². The van der Waals surface area contributed by atoms with E-state index in [9.17, 15) is 18.0 Å². The fourth-order valence-electron chi connectivity index (χ4n) is 0.135. The van der Waals surface area contributed by atoms with Crippen LogP contribution in [0.15, 0.2) is 0 Å². The van der Waals surface area contributed by atoms with Gasteiger partial charge in [-0.15, -0.1) is 0 Å². The number of aliphatic hydroxyl groups is 1. The molecule has 9 heavy (non-hydrogen) atoms. The molecule has 0 spiro atoms. The van der Waals surface area contributed by atoms with Crippen LogP contribution in [0.25, 0.3) is 0 Å². The lowest BCUT2D eigenvalue weighted by Crippen LogP contribution is -2.30. The second-order valence-electron chi connectivity index (χ2n) is 1.20. The third-order valence-electron chi connectivity index (χ3n) is 0.496. The zero-order valence-electron chi connectivity index (χ0n) is 3.94. The normalized spacial score (nSPS) is 15.2. The number of aliphatic hydroxyl groups excluding tert-OH is 1. The minimum atomic E-state index is -4.96. The van der Waals surface area contributed by atoms with Crippen molar-refractivity contribution in [2.75, 3.05) is 0 Å². The molecule has 0 saturated heterocycles. The maximum Gasteiger partial charge on any atom is 0.453 e. The average molecular weight is 207 g/mol. The molecule has 54 valence electrons. The van der Waals surface area contributed by atoms with E-state index in [1.807, 2.05) is 0 Å². The maximum atomic E-state index is 11.2. The third kappa shape index (κ3) is 2.81. The fourth-order valence-corrected chi connectivity index (χ4v) is 0.395. The molecule has 0 amide bonds. The van der Waals surface area contributed by atoms with Gasteiger partial charge in [-0.1, -0.05) is 0 Å². The van der Waals surface area contributed by atoms with Gasteiger partial charge in [-0.3, -0.25) is 4.79 Å². The van der Waals surface area contributed by atoms with Gasteiger partial charge >= 0.3 is 6.18 Å². The van der Waals surface area contributed by atoms with Crippen molar-refractivity contribution in [1.82, 2.24) is 0 Å². The largest absolute Gasteiger partial charge is 0.453 e. The summed E-state index contributed by atoms with van der Waals surface area (Å²) in [6, 6.07) is 0. The molecule has 1 unspecified atom stereocenters. The Morgan fingerprint density at radius 2 is 1.89 bits per heavy atom. The second-order valence-corrected chi connectivity index (χ2v) is 2.07. The van der Waals surface area contributed by atoms with Crippen molar-refractivity contribution in [3.63, 3.8) is 0 Å². The number of halogens is 4. The molecule has 6 heteroatoms. The summed E-state index contributed by atoms with van der Waals surface area (Å²) in [6.07, 6.45) is -4.96. The van der Waals surface area contributed by atoms with Crippen LogP contribution in [0, 0.1) is 0 Å². The van der Waals surface area contributed by atoms with Crippen molar-refractivity contribution < 1.29 is 23.1 Å². The Labute approximate surface area is 56.8 Å². The molecule has 0 fully saturated rings. The molecule has 0 rings (SSSR count). The monoisotopic (exact) mass is 206 g/mol. The summed E-state index contributed by atoms with van der Waals surface area (Å²) in [6.45, 7) is 0. The summed E-state index contributed by atoms with van der Waals surface area (Å²) >= 11 is 2.06. The Balaban J connectivity index is 4.06. The van der Waals surface area contributed by atoms with Crippen molar-refractivity contribution >= 4 is 21.7 Å². The fraction of sp³-hybridized carbons (Fsp3) is 0.667. The van der Waals surface area contributed by atoms with Gasteiger partial charge in [0.2, 0.25) is 0 Å². The summed E-state index contributed by atoms with van der Waals surface area (Å²) < 4.78 is 33.5. The number of alkyl halides is 4. The number of carbonyl (C=O) groups is 1. The maximum absolute atomic E-state index is 11.2. The van der Waals surface area contributed by atoms with E-state index >= 15 is 0 Å². The highest BCUT2D eigenvalue weighted by Crippen LogP contribution is 2.19. The SMILES string of the molecule is O=C(C(O)Br)C(F)(F)F. The molecule has 0 aliphatic rings. The molecule has 0 aliphatic heterocycles. The van der Waals surface area contributed by atoms with Gasteiger partial charge in [-0.2, -0.15) is 13.2 Å². The highest BCUT2D eigenvalue weighted by atomic mass is 79.9. The van der Waals surface area contributed by atoms with Crippen molar-refractivity contribution in [2.24, 2.45) is 0 Å². The lowest BCUT2D eigenvalue weighted by atomic mass is 10.4. The Morgan fingerprint density at radius 1 is 1.56 bits per heavy atom. The standard InChI is InChI=1S/C3H2BrF3O2/c4-2(9)1(8)3(5,6)7/h2,9H. The second kappa shape index (κ2) is 2.66. The molecule has 0 aromatic carbocycles. The zero-order valence-corrected chi connectivity index (χ0v) is 5.53. The van der Waals surface area contributed by atoms with Crippen LogP contribution in [-0.2, 0) is 4.79 Å². The number of rotatable bonds is 1. The molecule has 0 radical (unpaired) electrons. The van der Waals surface area contributed by atoms with E-state index in [2.05, 4.69) is 15.9 Å². The van der Waals surface area contributed by atoms with E-state index in [1.165, 1.54) is 0 Å². The quantitative estimate of drug-likeness (QED) is 0.646. The van der Waals surface area contributed by atoms with Crippen LogP contribution in [0.1, 0.15) is 0 Å². The van der Waals surface area contributed by atoms with Gasteiger partial charge in [0.1, 0.15) is 0 Å². The smallest absolute Gasteiger partial charge is 0.374 e. The summed E-state index contributed by atoms with van der Waals surface area (Å²) in [5.41, 5.74) is 0. The molecule has 0 bridgehead atoms. The van der Waals surface area contributed by atoms with Gasteiger partial charge in [0, 0.05) is 0 Å². The predicted molar refractivity (Wildman–Crippen MR) is 26.0 cm³/mol. The summed E-state index contributed by atoms with van der Waals surface area (Å²) in [5, 5.41) is 5.86. The Bertz CT molecular complexity index is 119. The summed E-state index contributed by atoms with van der Waals surface area (Å²) in [4.78, 5) is 9.74. The van der Waals surface area contributed by atoms with Crippen LogP contribution >= 0.6 is 15.9 Å². The van der Waals surface area contributed by atoms with Gasteiger partial charge in [0.25, 0.3) is 5.78 Å². The van der Waals surface area contributed by atoms with E-state index < -0.39 is 17.0 Å². The van der Waals surface area contributed by atoms with Crippen molar-refractivity contribution in [2.45, 2.75) is 11.2 Å². The van der Waals surface area contributed by atoms with Crippen molar-refractivity contribution in [3.05, 3.63) is 0 Å². The first-order valence-electron chi connectivity index (χ1n) is 1.79. The van der Waals surface area contributed by atoms with Crippen molar-refractivity contribution in [1.29, 1.82) is 0 Å². The topological polar surface area (TPSA) is 37.3 Å². The predicted octanol–water partition coefficient (Wildman–Crippen LogP) is 0.831. The van der Waals surface area contributed by atoms with Gasteiger partial charge < -0.3 is 5.11 Å². The van der Waals surface area contributed by atoms with Gasteiger partial charge in [0.05, 0.1) is 0 Å². The Kier molecular flexibility index (Phi) is 2.63. The molecule has 0 aliphatic carbocycles. The van der Waals surface area contributed by atoms with Crippen LogP contribution in [0.4, 0.5) is 13.2 Å². The highest BCUT2D eigenvalue weighted by molar-refractivity contribution is 9.09. The number of Topliss-reactive ketones (excluding diaryl/α,β-unsaturated/α-hetero) is 1. The molecule has 2 nitrogen and oxygen atoms in total. The van der Waals surface area contributed by atoms with E-state index in [1.54, 1.807) is 0 Å². The minimum Gasteiger partial charge on any atom is -0.374 e. The highest BCUT2D eigenvalue weighted by Gasteiger charge is 2.41. The van der Waals surface area contributed by atoms with E-state index in [0.29, 0.717) is 0 Å². The lowest BCUT2D eigenvalue weighted by Gasteiger charge is -2.04. The molecule has 1 N–H and O–H groups in total. The Morgan fingerprint density at radius 3 is 1.89 bits per heavy atom. The van der Waals surface area contributed by atoms with Gasteiger partial charge in [-0.05, 0) is 15.9 Å². The molecule has 0 heterocycles. The number of carbonyl (C=O) groups excluding carboxylic acids is 1. The van der Waals surface area contributed by atoms with Crippen LogP contribution < -0.4 is 0 Å². The van der Waals surface area contributed by atoms with Crippen LogP contribution in [-0.4, -0.2) is 22.1 Å². The van der Waals surface area contributed by atoms with Crippen LogP contribution in [0.5, 0.6) is 0 Å². The first kappa shape index (κ1) is 8.90. The third-order valence-corrected chi connectivity index (χ3v) is 0.912. The van der Waals surface area contributed by atoms with E-state index in [-0.39, 0.29) is 0 Å². The molecule has 0 aromatic heterocycles. The summed E-state index contributed by atoms with van der Waals surface area (Å²) in [7, 11) is 0. The average Bonchev–Trinajstić information content (AvgIpc) is 1.62. The van der Waals surface area contributed by atoms with E-state index in [4.69, 9.17) is 5.11 Å². The molecule has 0 saturated carbocycles. The first-order valence-corrected chi connectivity index (χ1v) is 2.70. The lowest BCUT2D eigenvalue weighted by molar-refractivity contribution is -0.175. The molecule has 1 atom stereocenters. The van der Waals surface area contributed by atoms with Crippen LogP contribution in [0.2, 0.25) is 0 Å². The van der Waals surface area contributed by atoms with E-state index in [0.717, 1.165) is 0 Å². The molecular formula is C3H2BrF3O2. The van der Waals surface area contributed by atoms with Gasteiger partial charge in [-0.25, -0.2) is 0 Å². The molecule has 0 aromatic rings. The zero-order chi connectivity index (χ0) is 7.65.